The van der Waals surface area contributed by atoms with Crippen LogP contribution >= 0.6 is 11.3 Å². The summed E-state index contributed by atoms with van der Waals surface area (Å²) >= 11 is 1.75. The van der Waals surface area contributed by atoms with E-state index in [2.05, 4.69) is 30.4 Å². The van der Waals surface area contributed by atoms with Gasteiger partial charge in [-0.15, -0.1) is 11.3 Å². The molecule has 3 nitrogen and oxygen atoms in total. The van der Waals surface area contributed by atoms with Gasteiger partial charge in [-0.1, -0.05) is 0 Å². The minimum atomic E-state index is 0.629. The zero-order chi connectivity index (χ0) is 13.0. The van der Waals surface area contributed by atoms with Gasteiger partial charge in [0.2, 0.25) is 0 Å². The highest BCUT2D eigenvalue weighted by Gasteiger charge is 2.04. The number of rotatable bonds is 4. The van der Waals surface area contributed by atoms with Crippen LogP contribution in [0.15, 0.2) is 30.3 Å². The van der Waals surface area contributed by atoms with Crippen LogP contribution in [-0.4, -0.2) is 7.11 Å². The van der Waals surface area contributed by atoms with Crippen LogP contribution in [0.5, 0.6) is 5.75 Å². The summed E-state index contributed by atoms with van der Waals surface area (Å²) in [5.41, 5.74) is 1.44. The Kier molecular flexibility index (Phi) is 3.85. The third-order valence-electron chi connectivity index (χ3n) is 2.60. The smallest absolute Gasteiger partial charge is 0.121 e. The van der Waals surface area contributed by atoms with Crippen LogP contribution in [0, 0.1) is 18.3 Å². The topological polar surface area (TPSA) is 45.0 Å². The van der Waals surface area contributed by atoms with E-state index >= 15 is 0 Å². The minimum Gasteiger partial charge on any atom is -0.497 e. The molecule has 0 fully saturated rings. The summed E-state index contributed by atoms with van der Waals surface area (Å²) in [4.78, 5) is 2.54. The lowest BCUT2D eigenvalue weighted by Gasteiger charge is -2.09. The van der Waals surface area contributed by atoms with Crippen molar-refractivity contribution < 1.29 is 4.74 Å². The first kappa shape index (κ1) is 12.5. The van der Waals surface area contributed by atoms with E-state index in [4.69, 9.17) is 10.00 Å². The van der Waals surface area contributed by atoms with Crippen molar-refractivity contribution in [1.29, 1.82) is 5.26 Å². The fourth-order valence-electron chi connectivity index (χ4n) is 1.66. The lowest BCUT2D eigenvalue weighted by molar-refractivity contribution is 0.415. The van der Waals surface area contributed by atoms with Gasteiger partial charge in [0.25, 0.3) is 0 Å². The second kappa shape index (κ2) is 5.56. The van der Waals surface area contributed by atoms with Crippen LogP contribution in [0.4, 0.5) is 5.69 Å². The van der Waals surface area contributed by atoms with E-state index in [0.717, 1.165) is 18.0 Å². The number of benzene rings is 1. The summed E-state index contributed by atoms with van der Waals surface area (Å²) in [6.07, 6.45) is 0. The van der Waals surface area contributed by atoms with Crippen molar-refractivity contribution in [1.82, 2.24) is 0 Å². The standard InChI is InChI=1S/C14H14N2OS/c1-10-3-6-13(18-10)9-16-14-7-12(17-2)5-4-11(14)8-15/h3-7,16H,9H2,1-2H3. The summed E-state index contributed by atoms with van der Waals surface area (Å²) in [6, 6.07) is 11.8. The molecule has 0 aliphatic heterocycles. The van der Waals surface area contributed by atoms with Gasteiger partial charge in [0.15, 0.2) is 0 Å². The number of ether oxygens (including phenoxy) is 1. The molecule has 2 rings (SSSR count). The predicted octanol–water partition coefficient (Wildman–Crippen LogP) is 3.55. The highest BCUT2D eigenvalue weighted by molar-refractivity contribution is 7.11. The molecule has 1 heterocycles. The van der Waals surface area contributed by atoms with E-state index in [1.165, 1.54) is 9.75 Å². The van der Waals surface area contributed by atoms with Crippen LogP contribution < -0.4 is 10.1 Å². The maximum absolute atomic E-state index is 9.06. The van der Waals surface area contributed by atoms with Crippen molar-refractivity contribution >= 4 is 17.0 Å². The number of nitrogens with zero attached hydrogens (tertiary/aromatic N) is 1. The Morgan fingerprint density at radius 2 is 2.17 bits per heavy atom. The number of nitrogens with one attached hydrogen (secondary N) is 1. The first-order chi connectivity index (χ1) is 8.72. The molecule has 1 aromatic carbocycles. The quantitative estimate of drug-likeness (QED) is 0.912. The molecule has 0 aliphatic rings. The molecule has 0 bridgehead atoms. The van der Waals surface area contributed by atoms with E-state index < -0.39 is 0 Å². The molecule has 0 saturated heterocycles. The van der Waals surface area contributed by atoms with Gasteiger partial charge < -0.3 is 10.1 Å². The van der Waals surface area contributed by atoms with Gasteiger partial charge in [-0.05, 0) is 31.2 Å². The van der Waals surface area contributed by atoms with Crippen molar-refractivity contribution in [3.63, 3.8) is 0 Å². The van der Waals surface area contributed by atoms with E-state index in [-0.39, 0.29) is 0 Å². The lowest BCUT2D eigenvalue weighted by atomic mass is 10.2. The van der Waals surface area contributed by atoms with Crippen LogP contribution in [0.2, 0.25) is 0 Å². The Balaban J connectivity index is 2.15. The maximum Gasteiger partial charge on any atom is 0.121 e. The summed E-state index contributed by atoms with van der Waals surface area (Å²) in [6.45, 7) is 2.81. The van der Waals surface area contributed by atoms with Crippen LogP contribution in [0.3, 0.4) is 0 Å². The third-order valence-corrected chi connectivity index (χ3v) is 3.60. The van der Waals surface area contributed by atoms with E-state index in [1.54, 1.807) is 30.6 Å². The molecule has 0 radical (unpaired) electrons. The monoisotopic (exact) mass is 258 g/mol. The largest absolute Gasteiger partial charge is 0.497 e. The summed E-state index contributed by atoms with van der Waals surface area (Å²) < 4.78 is 5.16. The Morgan fingerprint density at radius 1 is 1.33 bits per heavy atom. The second-order valence-corrected chi connectivity index (χ2v) is 5.26. The summed E-state index contributed by atoms with van der Waals surface area (Å²) in [7, 11) is 1.62. The first-order valence-electron chi connectivity index (χ1n) is 5.60. The third kappa shape index (κ3) is 2.82. The second-order valence-electron chi connectivity index (χ2n) is 3.89. The predicted molar refractivity (Wildman–Crippen MR) is 74.1 cm³/mol. The van der Waals surface area contributed by atoms with E-state index in [0.29, 0.717) is 5.56 Å². The zero-order valence-electron chi connectivity index (χ0n) is 10.4. The van der Waals surface area contributed by atoms with Gasteiger partial charge in [0.1, 0.15) is 11.8 Å². The molecule has 0 spiro atoms. The summed E-state index contributed by atoms with van der Waals surface area (Å²) in [5, 5.41) is 12.3. The molecule has 0 saturated carbocycles. The number of methoxy groups -OCH3 is 1. The molecule has 0 amide bonds. The number of hydrogen-bond acceptors (Lipinski definition) is 4. The van der Waals surface area contributed by atoms with E-state index in [9.17, 15) is 0 Å². The van der Waals surface area contributed by atoms with Gasteiger partial charge in [0.05, 0.1) is 18.4 Å². The van der Waals surface area contributed by atoms with Crippen LogP contribution in [-0.2, 0) is 6.54 Å². The van der Waals surface area contributed by atoms with Crippen molar-refractivity contribution in [2.24, 2.45) is 0 Å². The summed E-state index contributed by atoms with van der Waals surface area (Å²) in [5.74, 6) is 0.749. The van der Waals surface area contributed by atoms with Crippen molar-refractivity contribution in [2.75, 3.05) is 12.4 Å². The van der Waals surface area contributed by atoms with Gasteiger partial charge in [-0.2, -0.15) is 5.26 Å². The molecule has 1 N–H and O–H groups in total. The molecular formula is C14H14N2OS. The minimum absolute atomic E-state index is 0.629. The molecule has 0 aliphatic carbocycles. The van der Waals surface area contributed by atoms with Crippen LogP contribution in [0.25, 0.3) is 0 Å². The molecule has 0 atom stereocenters. The Hall–Kier alpha value is -1.99. The SMILES string of the molecule is COc1ccc(C#N)c(NCc2ccc(C)s2)c1. The molecule has 2 aromatic rings. The van der Waals surface area contributed by atoms with Crippen molar-refractivity contribution in [3.05, 3.63) is 45.6 Å². The molecule has 4 heteroatoms. The average Bonchev–Trinajstić information content (AvgIpc) is 2.81. The highest BCUT2D eigenvalue weighted by atomic mass is 32.1. The lowest BCUT2D eigenvalue weighted by Crippen LogP contribution is -2.00. The average molecular weight is 258 g/mol. The van der Waals surface area contributed by atoms with Gasteiger partial charge in [-0.25, -0.2) is 0 Å². The fourth-order valence-corrected chi connectivity index (χ4v) is 2.49. The fraction of sp³-hybridized carbons (Fsp3) is 0.214. The van der Waals surface area contributed by atoms with Gasteiger partial charge in [-0.3, -0.25) is 0 Å². The molecule has 18 heavy (non-hydrogen) atoms. The number of aryl methyl sites for hydroxylation is 1. The number of nitriles is 1. The Bertz CT molecular complexity index is 584. The number of hydrogen-bond donors (Lipinski definition) is 1. The highest BCUT2D eigenvalue weighted by Crippen LogP contribution is 2.23. The molecule has 92 valence electrons. The van der Waals surface area contributed by atoms with Gasteiger partial charge in [0, 0.05) is 22.4 Å². The normalized spacial score (nSPS) is 9.83. The van der Waals surface area contributed by atoms with Crippen LogP contribution in [0.1, 0.15) is 15.3 Å². The first-order valence-corrected chi connectivity index (χ1v) is 6.42. The Morgan fingerprint density at radius 3 is 2.78 bits per heavy atom. The molecular weight excluding hydrogens is 244 g/mol. The van der Waals surface area contributed by atoms with Crippen molar-refractivity contribution in [2.45, 2.75) is 13.5 Å². The van der Waals surface area contributed by atoms with Gasteiger partial charge >= 0.3 is 0 Å². The molecule has 1 aromatic heterocycles. The maximum atomic E-state index is 9.06. The number of thiophene rings is 1. The Labute approximate surface area is 111 Å². The molecule has 0 unspecified atom stereocenters. The van der Waals surface area contributed by atoms with Crippen molar-refractivity contribution in [3.8, 4) is 11.8 Å². The zero-order valence-corrected chi connectivity index (χ0v) is 11.2. The van der Waals surface area contributed by atoms with E-state index in [1.807, 2.05) is 6.07 Å². The number of anilines is 1.